The fraction of sp³-hybridized carbons (Fsp3) is 0.350. The topological polar surface area (TPSA) is 68.8 Å². The molecular formula is C20H22N2O4. The lowest BCUT2D eigenvalue weighted by Gasteiger charge is -2.21. The van der Waals surface area contributed by atoms with Crippen LogP contribution in [0.1, 0.15) is 18.4 Å². The van der Waals surface area contributed by atoms with E-state index in [1.807, 2.05) is 42.5 Å². The van der Waals surface area contributed by atoms with Crippen LogP contribution in [0, 0.1) is 5.92 Å². The molecule has 0 radical (unpaired) electrons. The molecule has 4 rings (SSSR count). The van der Waals surface area contributed by atoms with Crippen molar-refractivity contribution >= 4 is 11.6 Å². The van der Waals surface area contributed by atoms with Crippen LogP contribution in [0.2, 0.25) is 0 Å². The first kappa shape index (κ1) is 16.7. The summed E-state index contributed by atoms with van der Waals surface area (Å²) in [6, 6.07) is 13.3. The SMILES string of the molecule is O=C(Nc1cccc(COc2ccc3c(c2)OCO3)c1)C1CCNCC1. The van der Waals surface area contributed by atoms with E-state index in [0.29, 0.717) is 12.4 Å². The van der Waals surface area contributed by atoms with Gasteiger partial charge in [-0.1, -0.05) is 12.1 Å². The summed E-state index contributed by atoms with van der Waals surface area (Å²) in [4.78, 5) is 12.4. The highest BCUT2D eigenvalue weighted by Crippen LogP contribution is 2.35. The van der Waals surface area contributed by atoms with E-state index in [9.17, 15) is 4.79 Å². The van der Waals surface area contributed by atoms with Gasteiger partial charge in [0.15, 0.2) is 11.5 Å². The molecule has 1 fully saturated rings. The maximum absolute atomic E-state index is 12.4. The second kappa shape index (κ2) is 7.66. The standard InChI is InChI=1S/C20H22N2O4/c23-20(15-6-8-21-9-7-15)22-16-3-1-2-14(10-16)12-24-17-4-5-18-19(11-17)26-13-25-18/h1-5,10-11,15,21H,6-9,12-13H2,(H,22,23). The lowest BCUT2D eigenvalue weighted by molar-refractivity contribution is -0.120. The molecule has 0 bridgehead atoms. The molecular weight excluding hydrogens is 332 g/mol. The van der Waals surface area contributed by atoms with E-state index < -0.39 is 0 Å². The fourth-order valence-electron chi connectivity index (χ4n) is 3.20. The van der Waals surface area contributed by atoms with Crippen molar-refractivity contribution in [3.8, 4) is 17.2 Å². The van der Waals surface area contributed by atoms with Gasteiger partial charge in [0, 0.05) is 17.7 Å². The molecule has 26 heavy (non-hydrogen) atoms. The summed E-state index contributed by atoms with van der Waals surface area (Å²) < 4.78 is 16.5. The molecule has 6 nitrogen and oxygen atoms in total. The molecule has 0 spiro atoms. The Bertz CT molecular complexity index is 787. The number of anilines is 1. The summed E-state index contributed by atoms with van der Waals surface area (Å²) in [5.41, 5.74) is 1.80. The molecule has 0 unspecified atom stereocenters. The summed E-state index contributed by atoms with van der Waals surface area (Å²) in [5, 5.41) is 6.30. The molecule has 6 heteroatoms. The lowest BCUT2D eigenvalue weighted by Crippen LogP contribution is -2.34. The molecule has 2 aliphatic heterocycles. The highest BCUT2D eigenvalue weighted by atomic mass is 16.7. The Kier molecular flexibility index (Phi) is 4.93. The molecule has 2 N–H and O–H groups in total. The molecule has 0 atom stereocenters. The number of amides is 1. The van der Waals surface area contributed by atoms with Crippen molar-refractivity contribution in [1.29, 1.82) is 0 Å². The number of ether oxygens (including phenoxy) is 3. The van der Waals surface area contributed by atoms with Gasteiger partial charge in [-0.05, 0) is 55.8 Å². The third kappa shape index (κ3) is 3.91. The highest BCUT2D eigenvalue weighted by Gasteiger charge is 2.20. The van der Waals surface area contributed by atoms with Crippen LogP contribution in [-0.4, -0.2) is 25.8 Å². The van der Waals surface area contributed by atoms with Crippen molar-refractivity contribution in [2.24, 2.45) is 5.92 Å². The van der Waals surface area contributed by atoms with Crippen molar-refractivity contribution < 1.29 is 19.0 Å². The van der Waals surface area contributed by atoms with Gasteiger partial charge in [-0.2, -0.15) is 0 Å². The van der Waals surface area contributed by atoms with E-state index in [2.05, 4.69) is 10.6 Å². The number of piperidine rings is 1. The van der Waals surface area contributed by atoms with Gasteiger partial charge in [-0.3, -0.25) is 4.79 Å². The average Bonchev–Trinajstić information content (AvgIpc) is 3.15. The number of fused-ring (bicyclic) bond motifs is 1. The fourth-order valence-corrected chi connectivity index (χ4v) is 3.20. The van der Waals surface area contributed by atoms with Gasteiger partial charge in [0.1, 0.15) is 12.4 Å². The normalized spacial score (nSPS) is 16.3. The molecule has 0 aliphatic carbocycles. The average molecular weight is 354 g/mol. The molecule has 0 saturated carbocycles. The first-order chi connectivity index (χ1) is 12.8. The number of hydrogen-bond acceptors (Lipinski definition) is 5. The Balaban J connectivity index is 1.35. The van der Waals surface area contributed by atoms with Gasteiger partial charge < -0.3 is 24.8 Å². The molecule has 0 aromatic heterocycles. The summed E-state index contributed by atoms with van der Waals surface area (Å²) in [6.45, 7) is 2.47. The van der Waals surface area contributed by atoms with Crippen LogP contribution < -0.4 is 24.8 Å². The lowest BCUT2D eigenvalue weighted by atomic mass is 9.97. The van der Waals surface area contributed by atoms with Crippen molar-refractivity contribution in [1.82, 2.24) is 5.32 Å². The predicted molar refractivity (Wildman–Crippen MR) is 97.6 cm³/mol. The first-order valence-corrected chi connectivity index (χ1v) is 8.91. The Morgan fingerprint density at radius 3 is 2.85 bits per heavy atom. The summed E-state index contributed by atoms with van der Waals surface area (Å²) >= 11 is 0. The highest BCUT2D eigenvalue weighted by molar-refractivity contribution is 5.92. The van der Waals surface area contributed by atoms with Crippen molar-refractivity contribution in [2.45, 2.75) is 19.4 Å². The van der Waals surface area contributed by atoms with Gasteiger partial charge in [0.25, 0.3) is 0 Å². The molecule has 2 aromatic rings. The second-order valence-electron chi connectivity index (χ2n) is 6.52. The largest absolute Gasteiger partial charge is 0.489 e. The Hall–Kier alpha value is -2.73. The number of nitrogens with one attached hydrogen (secondary N) is 2. The number of carbonyl (C=O) groups is 1. The smallest absolute Gasteiger partial charge is 0.231 e. The molecule has 1 saturated heterocycles. The monoisotopic (exact) mass is 354 g/mol. The van der Waals surface area contributed by atoms with Crippen molar-refractivity contribution in [2.75, 3.05) is 25.2 Å². The minimum absolute atomic E-state index is 0.0878. The summed E-state index contributed by atoms with van der Waals surface area (Å²) in [7, 11) is 0. The summed E-state index contributed by atoms with van der Waals surface area (Å²) in [6.07, 6.45) is 1.78. The van der Waals surface area contributed by atoms with E-state index >= 15 is 0 Å². The van der Waals surface area contributed by atoms with Crippen molar-refractivity contribution in [3.05, 3.63) is 48.0 Å². The zero-order valence-corrected chi connectivity index (χ0v) is 14.5. The first-order valence-electron chi connectivity index (χ1n) is 8.91. The van der Waals surface area contributed by atoms with Crippen LogP contribution in [0.5, 0.6) is 17.2 Å². The number of benzene rings is 2. The van der Waals surface area contributed by atoms with Gasteiger partial charge in [-0.25, -0.2) is 0 Å². The van der Waals surface area contributed by atoms with Crippen molar-refractivity contribution in [3.63, 3.8) is 0 Å². The van der Waals surface area contributed by atoms with Crippen LogP contribution in [0.15, 0.2) is 42.5 Å². The van der Waals surface area contributed by atoms with Gasteiger partial charge in [0.05, 0.1) is 0 Å². The van der Waals surface area contributed by atoms with Crippen LogP contribution in [0.3, 0.4) is 0 Å². The van der Waals surface area contributed by atoms with Crippen LogP contribution in [0.4, 0.5) is 5.69 Å². The molecule has 2 aliphatic rings. The number of carbonyl (C=O) groups excluding carboxylic acids is 1. The maximum atomic E-state index is 12.4. The minimum atomic E-state index is 0.0878. The number of hydrogen-bond donors (Lipinski definition) is 2. The van der Waals surface area contributed by atoms with E-state index in [1.165, 1.54) is 0 Å². The third-order valence-corrected chi connectivity index (χ3v) is 4.65. The number of rotatable bonds is 5. The van der Waals surface area contributed by atoms with Crippen LogP contribution >= 0.6 is 0 Å². The molecule has 2 heterocycles. The molecule has 1 amide bonds. The van der Waals surface area contributed by atoms with Gasteiger partial charge in [-0.15, -0.1) is 0 Å². The zero-order valence-electron chi connectivity index (χ0n) is 14.5. The Morgan fingerprint density at radius 1 is 1.12 bits per heavy atom. The van der Waals surface area contributed by atoms with E-state index in [-0.39, 0.29) is 18.6 Å². The Labute approximate surface area is 152 Å². The molecule has 136 valence electrons. The van der Waals surface area contributed by atoms with Gasteiger partial charge in [0.2, 0.25) is 12.7 Å². The van der Waals surface area contributed by atoms with E-state index in [1.54, 1.807) is 0 Å². The predicted octanol–water partition coefficient (Wildman–Crippen LogP) is 2.93. The minimum Gasteiger partial charge on any atom is -0.489 e. The van der Waals surface area contributed by atoms with Gasteiger partial charge >= 0.3 is 0 Å². The molecule has 2 aromatic carbocycles. The third-order valence-electron chi connectivity index (χ3n) is 4.65. The second-order valence-corrected chi connectivity index (χ2v) is 6.52. The maximum Gasteiger partial charge on any atom is 0.231 e. The summed E-state index contributed by atoms with van der Waals surface area (Å²) in [5.74, 6) is 2.34. The Morgan fingerprint density at radius 2 is 1.96 bits per heavy atom. The van der Waals surface area contributed by atoms with Crippen LogP contribution in [0.25, 0.3) is 0 Å². The zero-order chi connectivity index (χ0) is 17.8. The van der Waals surface area contributed by atoms with E-state index in [0.717, 1.165) is 48.7 Å². The van der Waals surface area contributed by atoms with Crippen LogP contribution in [-0.2, 0) is 11.4 Å². The quantitative estimate of drug-likeness (QED) is 0.864. The van der Waals surface area contributed by atoms with E-state index in [4.69, 9.17) is 14.2 Å².